The molecule has 3 nitrogen and oxygen atoms in total. The molecule has 0 aliphatic heterocycles. The van der Waals surface area contributed by atoms with E-state index in [0.717, 1.165) is 11.3 Å². The van der Waals surface area contributed by atoms with Gasteiger partial charge in [0.1, 0.15) is 6.54 Å². The maximum Gasteiger partial charge on any atom is 0.252 e. The second-order valence-corrected chi connectivity index (χ2v) is 5.19. The van der Waals surface area contributed by atoms with E-state index < -0.39 is 0 Å². The number of nitrogens with one attached hydrogen (secondary N) is 1. The Bertz CT molecular complexity index is 603. The van der Waals surface area contributed by atoms with Gasteiger partial charge in [-0.05, 0) is 29.8 Å². The Balaban J connectivity index is 1.92. The van der Waals surface area contributed by atoms with E-state index in [-0.39, 0.29) is 12.5 Å². The van der Waals surface area contributed by atoms with Crippen molar-refractivity contribution in [2.24, 2.45) is 0 Å². The molecule has 0 fully saturated rings. The van der Waals surface area contributed by atoms with Crippen molar-refractivity contribution >= 4 is 17.7 Å². The summed E-state index contributed by atoms with van der Waals surface area (Å²) in [6, 6.07) is 19.5. The first kappa shape index (κ1) is 14.2. The minimum Gasteiger partial charge on any atom is -0.339 e. The Morgan fingerprint density at radius 2 is 1.80 bits per heavy atom. The molecule has 0 saturated heterocycles. The number of thioether (sulfide) groups is 1. The molecule has 2 rings (SSSR count). The first-order chi connectivity index (χ1) is 9.79. The molecule has 100 valence electrons. The SMILES string of the molecule is N#CCNC(=O)c1ccc(CSc2ccccc2)cc1. The molecule has 0 bridgehead atoms. The van der Waals surface area contributed by atoms with Crippen LogP contribution in [0.25, 0.3) is 0 Å². The number of carbonyl (C=O) groups is 1. The Morgan fingerprint density at radius 3 is 2.45 bits per heavy atom. The third-order valence-electron chi connectivity index (χ3n) is 2.69. The number of hydrogen-bond donors (Lipinski definition) is 1. The first-order valence-electron chi connectivity index (χ1n) is 6.21. The van der Waals surface area contributed by atoms with E-state index in [4.69, 9.17) is 5.26 Å². The zero-order valence-electron chi connectivity index (χ0n) is 10.9. The van der Waals surface area contributed by atoms with Gasteiger partial charge in [-0.25, -0.2) is 0 Å². The fraction of sp³-hybridized carbons (Fsp3) is 0.125. The lowest BCUT2D eigenvalue weighted by Crippen LogP contribution is -2.23. The van der Waals surface area contributed by atoms with Crippen LogP contribution in [0.1, 0.15) is 15.9 Å². The van der Waals surface area contributed by atoms with Crippen molar-refractivity contribution in [2.75, 3.05) is 6.54 Å². The molecule has 0 atom stereocenters. The number of hydrogen-bond acceptors (Lipinski definition) is 3. The lowest BCUT2D eigenvalue weighted by Gasteiger charge is -2.04. The molecular weight excluding hydrogens is 268 g/mol. The maximum absolute atomic E-state index is 11.6. The summed E-state index contributed by atoms with van der Waals surface area (Å²) >= 11 is 1.76. The molecule has 1 amide bonds. The summed E-state index contributed by atoms with van der Waals surface area (Å²) in [6.07, 6.45) is 0. The lowest BCUT2D eigenvalue weighted by molar-refractivity contribution is 0.0958. The van der Waals surface area contributed by atoms with Crippen LogP contribution >= 0.6 is 11.8 Å². The maximum atomic E-state index is 11.6. The predicted octanol–water partition coefficient (Wildman–Crippen LogP) is 3.23. The highest BCUT2D eigenvalue weighted by atomic mass is 32.2. The highest BCUT2D eigenvalue weighted by Crippen LogP contribution is 2.22. The topological polar surface area (TPSA) is 52.9 Å². The third-order valence-corrected chi connectivity index (χ3v) is 3.78. The molecule has 0 aliphatic carbocycles. The van der Waals surface area contributed by atoms with E-state index >= 15 is 0 Å². The Morgan fingerprint density at radius 1 is 1.10 bits per heavy atom. The quantitative estimate of drug-likeness (QED) is 0.676. The van der Waals surface area contributed by atoms with Crippen LogP contribution in [0.3, 0.4) is 0 Å². The third kappa shape index (κ3) is 4.15. The van der Waals surface area contributed by atoms with E-state index in [9.17, 15) is 4.79 Å². The van der Waals surface area contributed by atoms with Crippen molar-refractivity contribution in [3.05, 3.63) is 65.7 Å². The highest BCUT2D eigenvalue weighted by molar-refractivity contribution is 7.98. The second kappa shape index (κ2) is 7.37. The molecule has 4 heteroatoms. The summed E-state index contributed by atoms with van der Waals surface area (Å²) in [6.45, 7) is 0.0322. The fourth-order valence-electron chi connectivity index (χ4n) is 1.66. The standard InChI is InChI=1S/C16H14N2OS/c17-10-11-18-16(19)14-8-6-13(7-9-14)12-20-15-4-2-1-3-5-15/h1-9H,11-12H2,(H,18,19). The lowest BCUT2D eigenvalue weighted by atomic mass is 10.1. The molecule has 0 saturated carbocycles. The average molecular weight is 282 g/mol. The van der Waals surface area contributed by atoms with Gasteiger partial charge in [0.05, 0.1) is 6.07 Å². The van der Waals surface area contributed by atoms with Gasteiger partial charge in [-0.2, -0.15) is 5.26 Å². The molecule has 20 heavy (non-hydrogen) atoms. The van der Waals surface area contributed by atoms with Crippen molar-refractivity contribution in [1.29, 1.82) is 5.26 Å². The van der Waals surface area contributed by atoms with Gasteiger partial charge in [0.15, 0.2) is 0 Å². The number of carbonyl (C=O) groups excluding carboxylic acids is 1. The Kier molecular flexibility index (Phi) is 5.22. The Hall–Kier alpha value is -2.25. The molecule has 2 aromatic carbocycles. The number of amides is 1. The molecule has 0 unspecified atom stereocenters. The fourth-order valence-corrected chi connectivity index (χ4v) is 2.53. The van der Waals surface area contributed by atoms with Crippen LogP contribution in [0.2, 0.25) is 0 Å². The van der Waals surface area contributed by atoms with Crippen molar-refractivity contribution in [2.45, 2.75) is 10.6 Å². The van der Waals surface area contributed by atoms with Gasteiger partial charge in [0.25, 0.3) is 5.91 Å². The van der Waals surface area contributed by atoms with E-state index in [0.29, 0.717) is 5.56 Å². The smallest absolute Gasteiger partial charge is 0.252 e. The van der Waals surface area contributed by atoms with E-state index in [1.54, 1.807) is 23.9 Å². The van der Waals surface area contributed by atoms with Crippen LogP contribution in [-0.4, -0.2) is 12.5 Å². The van der Waals surface area contributed by atoms with Gasteiger partial charge in [0, 0.05) is 16.2 Å². The van der Waals surface area contributed by atoms with Crippen LogP contribution in [0, 0.1) is 11.3 Å². The van der Waals surface area contributed by atoms with Crippen LogP contribution in [0.15, 0.2) is 59.5 Å². The van der Waals surface area contributed by atoms with Crippen LogP contribution in [-0.2, 0) is 5.75 Å². The van der Waals surface area contributed by atoms with Crippen LogP contribution in [0.4, 0.5) is 0 Å². The van der Waals surface area contributed by atoms with Gasteiger partial charge in [-0.3, -0.25) is 4.79 Å². The van der Waals surface area contributed by atoms with Gasteiger partial charge in [-0.15, -0.1) is 11.8 Å². The van der Waals surface area contributed by atoms with E-state index in [1.807, 2.05) is 36.4 Å². The summed E-state index contributed by atoms with van der Waals surface area (Å²) in [5, 5.41) is 10.9. The number of rotatable bonds is 5. The van der Waals surface area contributed by atoms with Crippen molar-refractivity contribution in [3.63, 3.8) is 0 Å². The molecule has 2 aromatic rings. The molecule has 0 radical (unpaired) electrons. The minimum absolute atomic E-state index is 0.0322. The second-order valence-electron chi connectivity index (χ2n) is 4.14. The first-order valence-corrected chi connectivity index (χ1v) is 7.20. The predicted molar refractivity (Wildman–Crippen MR) is 80.4 cm³/mol. The summed E-state index contributed by atoms with van der Waals surface area (Å²) in [7, 11) is 0. The summed E-state index contributed by atoms with van der Waals surface area (Å²) in [4.78, 5) is 12.9. The van der Waals surface area contributed by atoms with Crippen LogP contribution < -0.4 is 5.32 Å². The van der Waals surface area contributed by atoms with E-state index in [1.165, 1.54) is 4.90 Å². The zero-order valence-corrected chi connectivity index (χ0v) is 11.7. The molecule has 0 aliphatic rings. The Labute approximate surface area is 122 Å². The summed E-state index contributed by atoms with van der Waals surface area (Å²) in [5.41, 5.74) is 1.74. The van der Waals surface area contributed by atoms with Gasteiger partial charge >= 0.3 is 0 Å². The zero-order chi connectivity index (χ0) is 14.2. The van der Waals surface area contributed by atoms with Gasteiger partial charge in [0.2, 0.25) is 0 Å². The van der Waals surface area contributed by atoms with Crippen molar-refractivity contribution in [3.8, 4) is 6.07 Å². The van der Waals surface area contributed by atoms with E-state index in [2.05, 4.69) is 17.4 Å². The summed E-state index contributed by atoms with van der Waals surface area (Å²) in [5.74, 6) is 0.651. The monoisotopic (exact) mass is 282 g/mol. The number of benzene rings is 2. The number of nitrogens with zero attached hydrogens (tertiary/aromatic N) is 1. The highest BCUT2D eigenvalue weighted by Gasteiger charge is 2.04. The number of nitriles is 1. The van der Waals surface area contributed by atoms with Gasteiger partial charge in [-0.1, -0.05) is 30.3 Å². The van der Waals surface area contributed by atoms with Crippen molar-refractivity contribution in [1.82, 2.24) is 5.32 Å². The normalized spacial score (nSPS) is 9.75. The average Bonchev–Trinajstić information content (AvgIpc) is 2.52. The van der Waals surface area contributed by atoms with Crippen LogP contribution in [0.5, 0.6) is 0 Å². The summed E-state index contributed by atoms with van der Waals surface area (Å²) < 4.78 is 0. The molecule has 0 spiro atoms. The molecule has 0 aromatic heterocycles. The molecule has 0 heterocycles. The molecular formula is C16H14N2OS. The minimum atomic E-state index is -0.214. The van der Waals surface area contributed by atoms with Gasteiger partial charge < -0.3 is 5.32 Å². The van der Waals surface area contributed by atoms with Crippen molar-refractivity contribution < 1.29 is 4.79 Å². The molecule has 1 N–H and O–H groups in total. The largest absolute Gasteiger partial charge is 0.339 e.